The number of hydrogen-bond donors (Lipinski definition) is 2. The standard InChI is InChI=1S/C14H18N2OS/c1-3-10-8-9-13(18-10)14(16-15)11-6-4-5-7-12(11)17-2/h4-9,14,16H,3,15H2,1-2H3. The topological polar surface area (TPSA) is 47.3 Å². The number of para-hydroxylation sites is 1. The summed E-state index contributed by atoms with van der Waals surface area (Å²) in [6.45, 7) is 2.16. The molecule has 3 N–H and O–H groups in total. The van der Waals surface area contributed by atoms with Gasteiger partial charge in [0, 0.05) is 15.3 Å². The zero-order valence-electron chi connectivity index (χ0n) is 10.6. The molecule has 0 spiro atoms. The molecule has 1 atom stereocenters. The third kappa shape index (κ3) is 2.56. The van der Waals surface area contributed by atoms with Crippen LogP contribution in [0, 0.1) is 0 Å². The van der Waals surface area contributed by atoms with E-state index in [2.05, 4.69) is 24.5 Å². The smallest absolute Gasteiger partial charge is 0.124 e. The van der Waals surface area contributed by atoms with Crippen LogP contribution in [0.5, 0.6) is 5.75 Å². The molecule has 1 aromatic carbocycles. The third-order valence-electron chi connectivity index (χ3n) is 2.93. The van der Waals surface area contributed by atoms with Gasteiger partial charge in [-0.3, -0.25) is 5.84 Å². The van der Waals surface area contributed by atoms with Crippen molar-refractivity contribution in [3.05, 3.63) is 51.7 Å². The second kappa shape index (κ2) is 6.00. The lowest BCUT2D eigenvalue weighted by atomic mass is 10.0. The monoisotopic (exact) mass is 262 g/mol. The predicted molar refractivity (Wildman–Crippen MR) is 75.9 cm³/mol. The van der Waals surface area contributed by atoms with Gasteiger partial charge in [0.1, 0.15) is 5.75 Å². The summed E-state index contributed by atoms with van der Waals surface area (Å²) in [4.78, 5) is 2.57. The molecule has 0 amide bonds. The van der Waals surface area contributed by atoms with E-state index in [4.69, 9.17) is 10.6 Å². The number of nitrogens with one attached hydrogen (secondary N) is 1. The van der Waals surface area contributed by atoms with Gasteiger partial charge in [-0.2, -0.15) is 0 Å². The first-order valence-electron chi connectivity index (χ1n) is 5.97. The zero-order chi connectivity index (χ0) is 13.0. The SMILES string of the molecule is CCc1ccc(C(NN)c2ccccc2OC)s1. The first kappa shape index (κ1) is 13.1. The van der Waals surface area contributed by atoms with Gasteiger partial charge in [0.15, 0.2) is 0 Å². The van der Waals surface area contributed by atoms with E-state index in [1.54, 1.807) is 18.4 Å². The second-order valence-electron chi connectivity index (χ2n) is 4.00. The number of methoxy groups -OCH3 is 1. The zero-order valence-corrected chi connectivity index (χ0v) is 11.5. The van der Waals surface area contributed by atoms with Crippen LogP contribution in [0.1, 0.15) is 28.3 Å². The van der Waals surface area contributed by atoms with E-state index in [0.717, 1.165) is 17.7 Å². The fraction of sp³-hybridized carbons (Fsp3) is 0.286. The molecule has 4 heteroatoms. The Hall–Kier alpha value is -1.36. The van der Waals surface area contributed by atoms with Crippen LogP contribution in [0.25, 0.3) is 0 Å². The summed E-state index contributed by atoms with van der Waals surface area (Å²) >= 11 is 1.78. The molecule has 0 aliphatic heterocycles. The van der Waals surface area contributed by atoms with E-state index in [9.17, 15) is 0 Å². The van der Waals surface area contributed by atoms with E-state index in [1.165, 1.54) is 9.75 Å². The number of benzene rings is 1. The lowest BCUT2D eigenvalue weighted by Crippen LogP contribution is -2.28. The molecule has 18 heavy (non-hydrogen) atoms. The van der Waals surface area contributed by atoms with Crippen molar-refractivity contribution in [2.24, 2.45) is 5.84 Å². The number of hydrogen-bond acceptors (Lipinski definition) is 4. The lowest BCUT2D eigenvalue weighted by Gasteiger charge is -2.17. The molecule has 2 aromatic rings. The van der Waals surface area contributed by atoms with Crippen LogP contribution in [0.3, 0.4) is 0 Å². The van der Waals surface area contributed by atoms with E-state index >= 15 is 0 Å². The first-order chi connectivity index (χ1) is 8.80. The minimum atomic E-state index is -0.0218. The molecule has 96 valence electrons. The Morgan fingerprint density at radius 3 is 2.67 bits per heavy atom. The van der Waals surface area contributed by atoms with Gasteiger partial charge in [0.05, 0.1) is 13.2 Å². The number of hydrazine groups is 1. The minimum Gasteiger partial charge on any atom is -0.496 e. The third-order valence-corrected chi connectivity index (χ3v) is 4.23. The van der Waals surface area contributed by atoms with Gasteiger partial charge < -0.3 is 4.74 Å². The lowest BCUT2D eigenvalue weighted by molar-refractivity contribution is 0.404. The Bertz CT molecular complexity index is 510. The fourth-order valence-corrected chi connectivity index (χ4v) is 3.00. The van der Waals surface area contributed by atoms with Crippen molar-refractivity contribution in [2.75, 3.05) is 7.11 Å². The Morgan fingerprint density at radius 1 is 1.28 bits per heavy atom. The fourth-order valence-electron chi connectivity index (χ4n) is 1.97. The van der Waals surface area contributed by atoms with Gasteiger partial charge in [-0.25, -0.2) is 5.43 Å². The highest BCUT2D eigenvalue weighted by Gasteiger charge is 2.18. The molecule has 1 aromatic heterocycles. The molecular weight excluding hydrogens is 244 g/mol. The average molecular weight is 262 g/mol. The maximum Gasteiger partial charge on any atom is 0.124 e. The van der Waals surface area contributed by atoms with Gasteiger partial charge in [0.2, 0.25) is 0 Å². The largest absolute Gasteiger partial charge is 0.496 e. The van der Waals surface area contributed by atoms with Crippen molar-refractivity contribution in [3.63, 3.8) is 0 Å². The van der Waals surface area contributed by atoms with Crippen LogP contribution in [-0.4, -0.2) is 7.11 Å². The first-order valence-corrected chi connectivity index (χ1v) is 6.79. The van der Waals surface area contributed by atoms with Crippen molar-refractivity contribution in [1.82, 2.24) is 5.43 Å². The number of ether oxygens (including phenoxy) is 1. The number of rotatable bonds is 5. The van der Waals surface area contributed by atoms with Crippen molar-refractivity contribution >= 4 is 11.3 Å². The molecule has 0 aliphatic carbocycles. The van der Waals surface area contributed by atoms with Crippen LogP contribution >= 0.6 is 11.3 Å². The summed E-state index contributed by atoms with van der Waals surface area (Å²) in [5.41, 5.74) is 3.94. The number of thiophene rings is 1. The molecule has 1 unspecified atom stereocenters. The Balaban J connectivity index is 2.38. The normalized spacial score (nSPS) is 12.4. The van der Waals surface area contributed by atoms with Gasteiger partial charge >= 0.3 is 0 Å². The molecule has 0 fully saturated rings. The van der Waals surface area contributed by atoms with Gasteiger partial charge in [-0.15, -0.1) is 11.3 Å². The van der Waals surface area contributed by atoms with E-state index < -0.39 is 0 Å². The maximum absolute atomic E-state index is 5.71. The molecule has 3 nitrogen and oxygen atoms in total. The van der Waals surface area contributed by atoms with Crippen LogP contribution in [0.2, 0.25) is 0 Å². The summed E-state index contributed by atoms with van der Waals surface area (Å²) in [5.74, 6) is 6.57. The van der Waals surface area contributed by atoms with E-state index in [1.807, 2.05) is 24.3 Å². The Kier molecular flexibility index (Phi) is 4.36. The number of aryl methyl sites for hydroxylation is 1. The summed E-state index contributed by atoms with van der Waals surface area (Å²) < 4.78 is 5.39. The average Bonchev–Trinajstić information content (AvgIpc) is 2.89. The molecule has 1 heterocycles. The van der Waals surface area contributed by atoms with Crippen LogP contribution in [0.15, 0.2) is 36.4 Å². The van der Waals surface area contributed by atoms with Crippen LogP contribution in [-0.2, 0) is 6.42 Å². The highest BCUT2D eigenvalue weighted by Crippen LogP contribution is 2.33. The summed E-state index contributed by atoms with van der Waals surface area (Å²) in [5, 5.41) is 0. The molecule has 2 rings (SSSR count). The molecule has 0 radical (unpaired) electrons. The molecule has 0 bridgehead atoms. The van der Waals surface area contributed by atoms with Gasteiger partial charge in [0.25, 0.3) is 0 Å². The predicted octanol–water partition coefficient (Wildman–Crippen LogP) is 2.87. The highest BCUT2D eigenvalue weighted by molar-refractivity contribution is 7.12. The van der Waals surface area contributed by atoms with Gasteiger partial charge in [-0.1, -0.05) is 25.1 Å². The molecule has 0 aliphatic rings. The Labute approximate surface area is 112 Å². The van der Waals surface area contributed by atoms with E-state index in [-0.39, 0.29) is 6.04 Å². The van der Waals surface area contributed by atoms with Crippen LogP contribution < -0.4 is 16.0 Å². The quantitative estimate of drug-likeness (QED) is 0.643. The Morgan fingerprint density at radius 2 is 2.06 bits per heavy atom. The summed E-state index contributed by atoms with van der Waals surface area (Å²) in [6.07, 6.45) is 1.05. The molecular formula is C14H18N2OS. The number of nitrogens with two attached hydrogens (primary N) is 1. The molecule has 0 saturated carbocycles. The second-order valence-corrected chi connectivity index (χ2v) is 5.20. The van der Waals surface area contributed by atoms with Crippen molar-refractivity contribution in [1.29, 1.82) is 0 Å². The van der Waals surface area contributed by atoms with E-state index in [0.29, 0.717) is 0 Å². The van der Waals surface area contributed by atoms with Gasteiger partial charge in [-0.05, 0) is 24.6 Å². The maximum atomic E-state index is 5.71. The van der Waals surface area contributed by atoms with Crippen LogP contribution in [0.4, 0.5) is 0 Å². The molecule has 0 saturated heterocycles. The minimum absolute atomic E-state index is 0.0218. The van der Waals surface area contributed by atoms with Crippen molar-refractivity contribution < 1.29 is 4.74 Å². The summed E-state index contributed by atoms with van der Waals surface area (Å²) in [6, 6.07) is 12.2. The summed E-state index contributed by atoms with van der Waals surface area (Å²) in [7, 11) is 1.68. The highest BCUT2D eigenvalue weighted by atomic mass is 32.1. The van der Waals surface area contributed by atoms with Crippen molar-refractivity contribution in [3.8, 4) is 5.75 Å². The van der Waals surface area contributed by atoms with Crippen molar-refractivity contribution in [2.45, 2.75) is 19.4 Å².